The van der Waals surface area contributed by atoms with Crippen molar-refractivity contribution < 1.29 is 0 Å². The van der Waals surface area contributed by atoms with Crippen molar-refractivity contribution in [2.24, 2.45) is 0 Å². The summed E-state index contributed by atoms with van der Waals surface area (Å²) in [4.78, 5) is 2.39. The quantitative estimate of drug-likeness (QED) is 0.155. The fraction of sp³-hybridized carbons (Fsp3) is 0. The lowest BCUT2D eigenvalue weighted by Crippen LogP contribution is -2.11. The molecule has 0 heterocycles. The molecule has 0 aliphatic heterocycles. The summed E-state index contributed by atoms with van der Waals surface area (Å²) < 4.78 is 0. The Balaban J connectivity index is 1.18. The highest BCUT2D eigenvalue weighted by Crippen LogP contribution is 2.44. The van der Waals surface area contributed by atoms with Crippen LogP contribution in [0.3, 0.4) is 0 Å². The minimum Gasteiger partial charge on any atom is -0.310 e. The Morgan fingerprint density at radius 1 is 0.226 bits per heavy atom. The third-order valence-corrected chi connectivity index (χ3v) is 10.1. The number of anilines is 3. The van der Waals surface area contributed by atoms with Crippen LogP contribution in [0.25, 0.3) is 66.4 Å². The molecule has 0 aromatic heterocycles. The molecule has 53 heavy (non-hydrogen) atoms. The third-order valence-electron chi connectivity index (χ3n) is 10.1. The van der Waals surface area contributed by atoms with Crippen LogP contribution in [0.4, 0.5) is 17.1 Å². The van der Waals surface area contributed by atoms with E-state index in [1.165, 1.54) is 66.4 Å². The van der Waals surface area contributed by atoms with Gasteiger partial charge in [0.2, 0.25) is 0 Å². The van der Waals surface area contributed by atoms with Crippen LogP contribution in [-0.2, 0) is 0 Å². The predicted molar refractivity (Wildman–Crippen MR) is 226 cm³/mol. The minimum absolute atomic E-state index is 1.10. The zero-order chi connectivity index (χ0) is 35.4. The van der Waals surface area contributed by atoms with Gasteiger partial charge in [-0.2, -0.15) is 0 Å². The highest BCUT2D eigenvalue weighted by molar-refractivity contribution is 5.92. The summed E-state index contributed by atoms with van der Waals surface area (Å²) in [5.41, 5.74) is 15.2. The number of benzene rings is 9. The molecule has 0 saturated carbocycles. The van der Waals surface area contributed by atoms with Crippen molar-refractivity contribution in [1.82, 2.24) is 0 Å². The molecule has 0 saturated heterocycles. The molecule has 9 rings (SSSR count). The van der Waals surface area contributed by atoms with Gasteiger partial charge in [0.1, 0.15) is 0 Å². The zero-order valence-electron chi connectivity index (χ0n) is 29.3. The Labute approximate surface area is 311 Å². The summed E-state index contributed by atoms with van der Waals surface area (Å²) in [7, 11) is 0. The van der Waals surface area contributed by atoms with Crippen LogP contribution in [0, 0.1) is 0 Å². The topological polar surface area (TPSA) is 3.24 Å². The summed E-state index contributed by atoms with van der Waals surface area (Å²) in [6.07, 6.45) is 0. The van der Waals surface area contributed by atoms with Crippen LogP contribution in [0.15, 0.2) is 224 Å². The molecule has 1 nitrogen and oxygen atoms in total. The van der Waals surface area contributed by atoms with Crippen molar-refractivity contribution in [2.45, 2.75) is 0 Å². The van der Waals surface area contributed by atoms with E-state index in [1.807, 2.05) is 0 Å². The summed E-state index contributed by atoms with van der Waals surface area (Å²) in [5, 5.41) is 2.50. The maximum absolute atomic E-state index is 2.39. The van der Waals surface area contributed by atoms with Gasteiger partial charge in [-0.1, -0.05) is 176 Å². The van der Waals surface area contributed by atoms with E-state index in [4.69, 9.17) is 0 Å². The lowest BCUT2D eigenvalue weighted by atomic mass is 9.94. The first-order valence-corrected chi connectivity index (χ1v) is 18.2. The second-order valence-electron chi connectivity index (χ2n) is 13.4. The van der Waals surface area contributed by atoms with E-state index < -0.39 is 0 Å². The van der Waals surface area contributed by atoms with Crippen LogP contribution >= 0.6 is 0 Å². The van der Waals surface area contributed by atoms with Gasteiger partial charge < -0.3 is 4.90 Å². The van der Waals surface area contributed by atoms with Crippen molar-refractivity contribution in [2.75, 3.05) is 4.90 Å². The average Bonchev–Trinajstić information content (AvgIpc) is 3.25. The molecule has 250 valence electrons. The monoisotopic (exact) mass is 675 g/mol. The van der Waals surface area contributed by atoms with Crippen molar-refractivity contribution in [1.29, 1.82) is 0 Å². The van der Waals surface area contributed by atoms with E-state index in [2.05, 4.69) is 229 Å². The molecule has 0 N–H and O–H groups in total. The fourth-order valence-corrected chi connectivity index (χ4v) is 7.30. The Bertz CT molecular complexity index is 2630. The lowest BCUT2D eigenvalue weighted by Gasteiger charge is -2.29. The van der Waals surface area contributed by atoms with Gasteiger partial charge in [-0.25, -0.2) is 0 Å². The molecule has 9 aromatic carbocycles. The predicted octanol–water partition coefficient (Wildman–Crippen LogP) is 14.6. The van der Waals surface area contributed by atoms with Gasteiger partial charge in [0.15, 0.2) is 0 Å². The standard InChI is InChI=1S/C52H37N/c1-4-13-38(14-5-1)41-25-30-49(31-26-41)53(50-32-27-42(28-33-50)47-24-23-40-17-10-11-20-44(40)36-47)52-34-29-48(37-51(52)43-18-8-3-9-19-43)46-22-12-21-45(35-46)39-15-6-2-7-16-39/h1-37H. The summed E-state index contributed by atoms with van der Waals surface area (Å²) in [6, 6.07) is 80.9. The smallest absolute Gasteiger partial charge is 0.0540 e. The SMILES string of the molecule is c1ccc(-c2ccc(N(c3ccc(-c4ccc5ccccc5c4)cc3)c3ccc(-c4cccc(-c5ccccc5)c4)cc3-c3ccccc3)cc2)cc1. The summed E-state index contributed by atoms with van der Waals surface area (Å²) >= 11 is 0. The molecular formula is C52H37N. The van der Waals surface area contributed by atoms with Crippen molar-refractivity contribution in [3.05, 3.63) is 224 Å². The first-order chi connectivity index (χ1) is 26.3. The zero-order valence-corrected chi connectivity index (χ0v) is 29.3. The number of hydrogen-bond donors (Lipinski definition) is 0. The van der Waals surface area contributed by atoms with Crippen LogP contribution in [0.1, 0.15) is 0 Å². The molecule has 9 aromatic rings. The Kier molecular flexibility index (Phi) is 8.66. The second kappa shape index (κ2) is 14.3. The lowest BCUT2D eigenvalue weighted by molar-refractivity contribution is 1.28. The fourth-order valence-electron chi connectivity index (χ4n) is 7.30. The summed E-state index contributed by atoms with van der Waals surface area (Å²) in [6.45, 7) is 0. The Morgan fingerprint density at radius 2 is 0.623 bits per heavy atom. The molecule has 0 unspecified atom stereocenters. The van der Waals surface area contributed by atoms with Crippen LogP contribution in [0.5, 0.6) is 0 Å². The molecule has 1 heteroatoms. The number of hydrogen-bond acceptors (Lipinski definition) is 1. The summed E-state index contributed by atoms with van der Waals surface area (Å²) in [5.74, 6) is 0. The first kappa shape index (κ1) is 32.0. The third kappa shape index (κ3) is 6.65. The first-order valence-electron chi connectivity index (χ1n) is 18.2. The molecule has 0 atom stereocenters. The van der Waals surface area contributed by atoms with Gasteiger partial charge in [0.25, 0.3) is 0 Å². The molecular weight excluding hydrogens is 639 g/mol. The molecule has 0 fully saturated rings. The number of nitrogens with zero attached hydrogens (tertiary/aromatic N) is 1. The molecule has 0 spiro atoms. The molecule has 0 amide bonds. The highest BCUT2D eigenvalue weighted by Gasteiger charge is 2.19. The van der Waals surface area contributed by atoms with Crippen molar-refractivity contribution >= 4 is 27.8 Å². The maximum atomic E-state index is 2.39. The number of fused-ring (bicyclic) bond motifs is 1. The van der Waals surface area contributed by atoms with Gasteiger partial charge in [-0.3, -0.25) is 0 Å². The minimum atomic E-state index is 1.10. The van der Waals surface area contributed by atoms with Crippen LogP contribution in [0.2, 0.25) is 0 Å². The van der Waals surface area contributed by atoms with Gasteiger partial charge >= 0.3 is 0 Å². The van der Waals surface area contributed by atoms with Gasteiger partial charge in [-0.05, 0) is 109 Å². The maximum Gasteiger partial charge on any atom is 0.0540 e. The van der Waals surface area contributed by atoms with E-state index in [-0.39, 0.29) is 0 Å². The molecule has 0 radical (unpaired) electrons. The highest BCUT2D eigenvalue weighted by atomic mass is 15.1. The second-order valence-corrected chi connectivity index (χ2v) is 13.4. The van der Waals surface area contributed by atoms with Crippen molar-refractivity contribution in [3.63, 3.8) is 0 Å². The molecule has 0 aliphatic carbocycles. The van der Waals surface area contributed by atoms with Gasteiger partial charge in [-0.15, -0.1) is 0 Å². The molecule has 0 aliphatic rings. The average molecular weight is 676 g/mol. The Hall–Kier alpha value is -6.96. The van der Waals surface area contributed by atoms with E-state index in [0.717, 1.165) is 17.1 Å². The van der Waals surface area contributed by atoms with Crippen LogP contribution < -0.4 is 4.90 Å². The van der Waals surface area contributed by atoms with Gasteiger partial charge in [0.05, 0.1) is 5.69 Å². The largest absolute Gasteiger partial charge is 0.310 e. The van der Waals surface area contributed by atoms with Gasteiger partial charge in [0, 0.05) is 16.9 Å². The van der Waals surface area contributed by atoms with Crippen molar-refractivity contribution in [3.8, 4) is 55.6 Å². The Morgan fingerprint density at radius 3 is 1.25 bits per heavy atom. The number of rotatable bonds is 8. The normalized spacial score (nSPS) is 11.0. The molecule has 0 bridgehead atoms. The van der Waals surface area contributed by atoms with E-state index in [9.17, 15) is 0 Å². The van der Waals surface area contributed by atoms with E-state index >= 15 is 0 Å². The van der Waals surface area contributed by atoms with Crippen LogP contribution in [-0.4, -0.2) is 0 Å². The van der Waals surface area contributed by atoms with E-state index in [0.29, 0.717) is 0 Å². The van der Waals surface area contributed by atoms with E-state index in [1.54, 1.807) is 0 Å².